The molecule has 6 heteroatoms. The smallest absolute Gasteiger partial charge is 0.306 e. The highest BCUT2D eigenvalue weighted by atomic mass is 16.6. The fraction of sp³-hybridized carbons (Fsp3) is 0.870. The van der Waals surface area contributed by atoms with Gasteiger partial charge in [0.2, 0.25) is 0 Å². The lowest BCUT2D eigenvalue weighted by molar-refractivity contribution is -0.167. The van der Waals surface area contributed by atoms with Crippen LogP contribution in [0.1, 0.15) is 367 Å². The van der Waals surface area contributed by atoms with Gasteiger partial charge in [0.15, 0.2) is 6.10 Å². The van der Waals surface area contributed by atoms with E-state index in [2.05, 4.69) is 57.2 Å². The molecule has 0 rings (SSSR count). The van der Waals surface area contributed by atoms with Gasteiger partial charge in [-0.1, -0.05) is 308 Å². The third kappa shape index (κ3) is 62.4. The number of unbranched alkanes of at least 4 members (excludes halogenated alkanes) is 45. The second-order valence-electron chi connectivity index (χ2n) is 22.7. The summed E-state index contributed by atoms with van der Waals surface area (Å²) in [6.07, 6.45) is 78.8. The Morgan fingerprint density at radius 3 is 0.773 bits per heavy atom. The molecule has 0 aliphatic carbocycles. The van der Waals surface area contributed by atoms with Gasteiger partial charge < -0.3 is 14.2 Å². The molecule has 0 aromatic heterocycles. The van der Waals surface area contributed by atoms with E-state index in [1.54, 1.807) is 0 Å². The fourth-order valence-electron chi connectivity index (χ4n) is 10.1. The van der Waals surface area contributed by atoms with Gasteiger partial charge in [0.05, 0.1) is 0 Å². The van der Waals surface area contributed by atoms with Gasteiger partial charge in [-0.05, 0) is 77.0 Å². The molecule has 440 valence electrons. The summed E-state index contributed by atoms with van der Waals surface area (Å²) in [5, 5.41) is 0. The van der Waals surface area contributed by atoms with Crippen LogP contribution in [0.3, 0.4) is 0 Å². The minimum absolute atomic E-state index is 0.0690. The van der Waals surface area contributed by atoms with E-state index in [1.165, 1.54) is 263 Å². The second kappa shape index (κ2) is 64.2. The van der Waals surface area contributed by atoms with Crippen LogP contribution in [0.5, 0.6) is 0 Å². The Bertz CT molecular complexity index is 1250. The lowest BCUT2D eigenvalue weighted by Gasteiger charge is -2.18. The highest BCUT2D eigenvalue weighted by Gasteiger charge is 2.19. The number of carbonyl (C=O) groups is 3. The van der Waals surface area contributed by atoms with Crippen molar-refractivity contribution in [3.63, 3.8) is 0 Å². The van der Waals surface area contributed by atoms with E-state index in [4.69, 9.17) is 14.2 Å². The average molecular weight is 1050 g/mol. The number of allylic oxidation sites excluding steroid dienone is 6. The quantitative estimate of drug-likeness (QED) is 0.0261. The molecule has 0 aromatic carbocycles. The van der Waals surface area contributed by atoms with Crippen molar-refractivity contribution in [2.24, 2.45) is 0 Å². The van der Waals surface area contributed by atoms with E-state index < -0.39 is 6.10 Å². The molecule has 0 amide bonds. The summed E-state index contributed by atoms with van der Waals surface area (Å²) in [7, 11) is 0. The fourth-order valence-corrected chi connectivity index (χ4v) is 10.1. The zero-order valence-corrected chi connectivity index (χ0v) is 50.6. The number of rotatable bonds is 62. The number of hydrogen-bond donors (Lipinski definition) is 0. The molecule has 0 saturated heterocycles. The zero-order valence-electron chi connectivity index (χ0n) is 50.6. The van der Waals surface area contributed by atoms with Crippen LogP contribution in [0.25, 0.3) is 0 Å². The van der Waals surface area contributed by atoms with Crippen LogP contribution in [0.2, 0.25) is 0 Å². The minimum Gasteiger partial charge on any atom is -0.462 e. The Hall–Kier alpha value is -2.37. The summed E-state index contributed by atoms with van der Waals surface area (Å²) in [5.41, 5.74) is 0. The maximum atomic E-state index is 12.9. The van der Waals surface area contributed by atoms with Crippen LogP contribution < -0.4 is 0 Å². The molecule has 75 heavy (non-hydrogen) atoms. The number of esters is 3. The molecule has 1 atom stereocenters. The molecule has 0 spiro atoms. The van der Waals surface area contributed by atoms with Gasteiger partial charge >= 0.3 is 17.9 Å². The molecule has 0 saturated carbocycles. The maximum absolute atomic E-state index is 12.9. The van der Waals surface area contributed by atoms with E-state index in [0.29, 0.717) is 19.3 Å². The summed E-state index contributed by atoms with van der Waals surface area (Å²) in [6.45, 7) is 6.66. The van der Waals surface area contributed by atoms with Crippen LogP contribution in [0.4, 0.5) is 0 Å². The summed E-state index contributed by atoms with van der Waals surface area (Å²) >= 11 is 0. The van der Waals surface area contributed by atoms with E-state index in [0.717, 1.165) is 64.2 Å². The zero-order chi connectivity index (χ0) is 54.3. The normalized spacial score (nSPS) is 12.2. The Morgan fingerprint density at radius 2 is 0.480 bits per heavy atom. The third-order valence-corrected chi connectivity index (χ3v) is 15.1. The van der Waals surface area contributed by atoms with Crippen LogP contribution >= 0.6 is 0 Å². The van der Waals surface area contributed by atoms with Crippen molar-refractivity contribution in [2.75, 3.05) is 13.2 Å². The van der Waals surface area contributed by atoms with Gasteiger partial charge in [0.1, 0.15) is 13.2 Å². The predicted molar refractivity (Wildman–Crippen MR) is 326 cm³/mol. The van der Waals surface area contributed by atoms with E-state index in [9.17, 15) is 14.4 Å². The second-order valence-corrected chi connectivity index (χ2v) is 22.7. The minimum atomic E-state index is -0.771. The lowest BCUT2D eigenvalue weighted by Crippen LogP contribution is -2.30. The van der Waals surface area contributed by atoms with Crippen molar-refractivity contribution < 1.29 is 28.6 Å². The molecule has 6 nitrogen and oxygen atoms in total. The van der Waals surface area contributed by atoms with Crippen LogP contribution in [-0.4, -0.2) is 37.2 Å². The topological polar surface area (TPSA) is 78.9 Å². The summed E-state index contributed by atoms with van der Waals surface area (Å²) in [5.74, 6) is -0.850. The standard InChI is InChI=1S/C69H128O6/c1-4-7-10-13-16-19-22-24-26-28-30-31-32-33-34-35-36-37-39-40-42-44-47-50-53-56-59-62-68(71)74-65-66(64-73-67(70)61-58-55-52-49-46-21-18-15-12-9-6-3)75-69(72)63-60-57-54-51-48-45-43-41-38-29-27-25-23-20-17-14-11-8-5-2/h17,20,25,27-28,30,66H,4-16,18-19,21-24,26,29,31-65H2,1-3H3/b20-17-,27-25-,30-28-. The van der Waals surface area contributed by atoms with Crippen molar-refractivity contribution in [1.82, 2.24) is 0 Å². The average Bonchev–Trinajstić information content (AvgIpc) is 3.41. The Morgan fingerprint density at radius 1 is 0.267 bits per heavy atom. The van der Waals surface area contributed by atoms with Crippen molar-refractivity contribution in [3.05, 3.63) is 36.5 Å². The number of carbonyl (C=O) groups excluding carboxylic acids is 3. The molecule has 0 aromatic rings. The Labute approximate surface area is 467 Å². The molecule has 0 bridgehead atoms. The molecule has 0 heterocycles. The first kappa shape index (κ1) is 72.6. The summed E-state index contributed by atoms with van der Waals surface area (Å²) in [4.78, 5) is 38.3. The van der Waals surface area contributed by atoms with Gasteiger partial charge in [-0.25, -0.2) is 0 Å². The molecular weight excluding hydrogens is 925 g/mol. The first-order valence-corrected chi connectivity index (χ1v) is 33.5. The van der Waals surface area contributed by atoms with Crippen LogP contribution in [0, 0.1) is 0 Å². The molecule has 0 aliphatic heterocycles. The predicted octanol–water partition coefficient (Wildman–Crippen LogP) is 22.8. The van der Waals surface area contributed by atoms with Gasteiger partial charge in [0.25, 0.3) is 0 Å². The molecule has 0 aliphatic rings. The molecule has 1 unspecified atom stereocenters. The number of hydrogen-bond acceptors (Lipinski definition) is 6. The molecule has 0 N–H and O–H groups in total. The van der Waals surface area contributed by atoms with E-state index >= 15 is 0 Å². The largest absolute Gasteiger partial charge is 0.462 e. The number of ether oxygens (including phenoxy) is 3. The van der Waals surface area contributed by atoms with Gasteiger partial charge in [-0.2, -0.15) is 0 Å². The molecular formula is C69H128O6. The highest BCUT2D eigenvalue weighted by molar-refractivity contribution is 5.71. The van der Waals surface area contributed by atoms with Crippen molar-refractivity contribution in [2.45, 2.75) is 374 Å². The Kier molecular flexibility index (Phi) is 62.1. The van der Waals surface area contributed by atoms with Crippen molar-refractivity contribution in [3.8, 4) is 0 Å². The van der Waals surface area contributed by atoms with Gasteiger partial charge in [0, 0.05) is 19.3 Å². The van der Waals surface area contributed by atoms with Gasteiger partial charge in [-0.15, -0.1) is 0 Å². The first-order chi connectivity index (χ1) is 37.0. The first-order valence-electron chi connectivity index (χ1n) is 33.5. The molecule has 0 fully saturated rings. The summed E-state index contributed by atoms with van der Waals surface area (Å²) < 4.78 is 16.9. The van der Waals surface area contributed by atoms with Gasteiger partial charge in [-0.3, -0.25) is 14.4 Å². The van der Waals surface area contributed by atoms with Crippen LogP contribution in [0.15, 0.2) is 36.5 Å². The van der Waals surface area contributed by atoms with Crippen molar-refractivity contribution >= 4 is 17.9 Å². The van der Waals surface area contributed by atoms with E-state index in [1.807, 2.05) is 0 Å². The lowest BCUT2D eigenvalue weighted by atomic mass is 10.0. The SMILES string of the molecule is CCCCC/C=C\C/C=C\CCCCCCCCCCCC(=O)OC(COC(=O)CCCCCCCCCCCCC)COC(=O)CCCCCCCCCCCCCCCCC/C=C\CCCCCCCCCC. The molecule has 0 radical (unpaired) electrons. The van der Waals surface area contributed by atoms with Crippen LogP contribution in [-0.2, 0) is 28.6 Å². The highest BCUT2D eigenvalue weighted by Crippen LogP contribution is 2.18. The monoisotopic (exact) mass is 1050 g/mol. The van der Waals surface area contributed by atoms with E-state index in [-0.39, 0.29) is 31.1 Å². The summed E-state index contributed by atoms with van der Waals surface area (Å²) in [6, 6.07) is 0. The Balaban J connectivity index is 4.18. The maximum Gasteiger partial charge on any atom is 0.306 e. The van der Waals surface area contributed by atoms with Crippen molar-refractivity contribution in [1.29, 1.82) is 0 Å². The third-order valence-electron chi connectivity index (χ3n) is 15.1.